The quantitative estimate of drug-likeness (QED) is 0.665. The first-order valence-electron chi connectivity index (χ1n) is 8.13. The molecule has 2 rings (SSSR count). The van der Waals surface area contributed by atoms with Gasteiger partial charge in [-0.2, -0.15) is 0 Å². The number of hydrogen-bond donors (Lipinski definition) is 0. The maximum Gasteiger partial charge on any atom is 0.161 e. The highest BCUT2D eigenvalue weighted by atomic mass is 16.5. The van der Waals surface area contributed by atoms with Crippen LogP contribution in [0.5, 0.6) is 23.0 Å². The zero-order valence-corrected chi connectivity index (χ0v) is 15.8. The molecule has 2 aromatic rings. The minimum atomic E-state index is -0.668. The first-order valence-corrected chi connectivity index (χ1v) is 8.13. The Morgan fingerprint density at radius 2 is 1.00 bits per heavy atom. The second-order valence-electron chi connectivity index (χ2n) is 5.46. The van der Waals surface area contributed by atoms with Gasteiger partial charge >= 0.3 is 0 Å². The molecule has 0 N–H and O–H groups in total. The molecule has 2 unspecified atom stereocenters. The molecule has 140 valence electrons. The molecule has 2 aromatic carbocycles. The lowest BCUT2D eigenvalue weighted by atomic mass is 10.1. The van der Waals surface area contributed by atoms with Gasteiger partial charge in [0, 0.05) is 0 Å². The normalized spacial score (nSPS) is 12.2. The van der Waals surface area contributed by atoms with Crippen LogP contribution < -0.4 is 18.9 Å². The molecule has 0 aliphatic carbocycles. The third-order valence-corrected chi connectivity index (χ3v) is 4.00. The van der Waals surface area contributed by atoms with Crippen molar-refractivity contribution in [2.45, 2.75) is 12.2 Å². The Kier molecular flexibility index (Phi) is 7.00. The molecular weight excluding hydrogens is 344 g/mol. The van der Waals surface area contributed by atoms with Crippen molar-refractivity contribution >= 4 is 0 Å². The van der Waals surface area contributed by atoms with Gasteiger partial charge in [0.05, 0.1) is 28.4 Å². The highest BCUT2D eigenvalue weighted by Crippen LogP contribution is 2.35. The lowest BCUT2D eigenvalue weighted by Gasteiger charge is -2.20. The molecule has 0 saturated heterocycles. The number of terminal acetylenes is 2. The molecule has 0 spiro atoms. The average Bonchev–Trinajstić information content (AvgIpc) is 2.73. The molecule has 2 atom stereocenters. The first kappa shape index (κ1) is 20.0. The number of ether oxygens (including phenoxy) is 5. The third-order valence-electron chi connectivity index (χ3n) is 4.00. The lowest BCUT2D eigenvalue weighted by Crippen LogP contribution is -2.09. The van der Waals surface area contributed by atoms with E-state index in [1.165, 1.54) is 0 Å². The summed E-state index contributed by atoms with van der Waals surface area (Å²) in [4.78, 5) is 0. The van der Waals surface area contributed by atoms with Gasteiger partial charge in [0.25, 0.3) is 0 Å². The highest BCUT2D eigenvalue weighted by Gasteiger charge is 2.20. The Morgan fingerprint density at radius 3 is 1.30 bits per heavy atom. The van der Waals surface area contributed by atoms with Gasteiger partial charge in [-0.15, -0.1) is 12.8 Å². The van der Waals surface area contributed by atoms with Crippen LogP contribution in [0, 0.1) is 24.7 Å². The number of rotatable bonds is 8. The molecule has 0 heterocycles. The molecule has 0 aliphatic rings. The van der Waals surface area contributed by atoms with Crippen LogP contribution in [-0.4, -0.2) is 28.4 Å². The summed E-state index contributed by atoms with van der Waals surface area (Å²) in [7, 11) is 6.25. The molecule has 27 heavy (non-hydrogen) atoms. The fraction of sp³-hybridized carbons (Fsp3) is 0.273. The summed E-state index contributed by atoms with van der Waals surface area (Å²) >= 11 is 0. The van der Waals surface area contributed by atoms with Crippen molar-refractivity contribution in [2.24, 2.45) is 0 Å². The lowest BCUT2D eigenvalue weighted by molar-refractivity contribution is 0.0513. The highest BCUT2D eigenvalue weighted by molar-refractivity contribution is 5.46. The van der Waals surface area contributed by atoms with Crippen molar-refractivity contribution in [3.05, 3.63) is 47.5 Å². The predicted molar refractivity (Wildman–Crippen MR) is 103 cm³/mol. The molecule has 5 heteroatoms. The fourth-order valence-corrected chi connectivity index (χ4v) is 2.60. The van der Waals surface area contributed by atoms with E-state index in [1.807, 2.05) is 12.1 Å². The van der Waals surface area contributed by atoms with Crippen molar-refractivity contribution in [3.63, 3.8) is 0 Å². The minimum Gasteiger partial charge on any atom is -0.493 e. The van der Waals surface area contributed by atoms with Crippen LogP contribution in [0.15, 0.2) is 36.4 Å². The summed E-state index contributed by atoms with van der Waals surface area (Å²) in [5, 5.41) is 0. The van der Waals surface area contributed by atoms with Gasteiger partial charge in [0.15, 0.2) is 23.0 Å². The fourth-order valence-electron chi connectivity index (χ4n) is 2.60. The predicted octanol–water partition coefficient (Wildman–Crippen LogP) is 3.79. The monoisotopic (exact) mass is 366 g/mol. The molecule has 5 nitrogen and oxygen atoms in total. The largest absolute Gasteiger partial charge is 0.493 e. The number of hydrogen-bond acceptors (Lipinski definition) is 5. The maximum atomic E-state index is 6.00. The van der Waals surface area contributed by atoms with E-state index in [4.69, 9.17) is 36.5 Å². The zero-order chi connectivity index (χ0) is 19.8. The molecule has 0 fully saturated rings. The maximum absolute atomic E-state index is 6.00. The van der Waals surface area contributed by atoms with Gasteiger partial charge in [-0.3, -0.25) is 0 Å². The number of benzene rings is 2. The van der Waals surface area contributed by atoms with E-state index < -0.39 is 12.2 Å². The standard InChI is InChI=1S/C22H22O5/c1-7-17(15-9-11-19(23-3)21(13-15)25-5)27-18(8-2)16-10-12-20(24-4)22(14-16)26-6/h1-2,9-14,17-18H,3-6H3. The van der Waals surface area contributed by atoms with E-state index >= 15 is 0 Å². The van der Waals surface area contributed by atoms with Crippen molar-refractivity contribution in [2.75, 3.05) is 28.4 Å². The summed E-state index contributed by atoms with van der Waals surface area (Å²) in [6, 6.07) is 10.7. The van der Waals surface area contributed by atoms with Crippen LogP contribution in [0.1, 0.15) is 23.3 Å². The summed E-state index contributed by atoms with van der Waals surface area (Å²) in [5.41, 5.74) is 1.46. The van der Waals surface area contributed by atoms with Gasteiger partial charge in [-0.05, 0) is 35.4 Å². The van der Waals surface area contributed by atoms with Gasteiger partial charge in [-0.1, -0.05) is 24.0 Å². The second kappa shape index (κ2) is 9.43. The Balaban J connectivity index is 2.31. The Morgan fingerprint density at radius 1 is 0.630 bits per heavy atom. The topological polar surface area (TPSA) is 46.2 Å². The Labute approximate surface area is 160 Å². The summed E-state index contributed by atoms with van der Waals surface area (Å²) in [5.74, 6) is 7.57. The van der Waals surface area contributed by atoms with Crippen molar-refractivity contribution in [1.29, 1.82) is 0 Å². The van der Waals surface area contributed by atoms with E-state index in [9.17, 15) is 0 Å². The summed E-state index contributed by atoms with van der Waals surface area (Å²) in [6.45, 7) is 0. The molecule has 0 saturated carbocycles. The van der Waals surface area contributed by atoms with E-state index in [0.29, 0.717) is 23.0 Å². The number of methoxy groups -OCH3 is 4. The van der Waals surface area contributed by atoms with Crippen LogP contribution in [0.4, 0.5) is 0 Å². The zero-order valence-electron chi connectivity index (χ0n) is 15.8. The van der Waals surface area contributed by atoms with Crippen LogP contribution in [0.2, 0.25) is 0 Å². The Bertz CT molecular complexity index is 788. The Hall–Kier alpha value is -3.28. The van der Waals surface area contributed by atoms with E-state index in [0.717, 1.165) is 11.1 Å². The average molecular weight is 366 g/mol. The molecule has 0 bridgehead atoms. The molecular formula is C22H22O5. The van der Waals surface area contributed by atoms with Crippen LogP contribution in [0.25, 0.3) is 0 Å². The van der Waals surface area contributed by atoms with Crippen LogP contribution >= 0.6 is 0 Å². The summed E-state index contributed by atoms with van der Waals surface area (Å²) < 4.78 is 27.1. The second-order valence-corrected chi connectivity index (χ2v) is 5.46. The van der Waals surface area contributed by atoms with Crippen LogP contribution in [0.3, 0.4) is 0 Å². The van der Waals surface area contributed by atoms with Gasteiger partial charge in [0.2, 0.25) is 0 Å². The van der Waals surface area contributed by atoms with E-state index in [1.54, 1.807) is 52.7 Å². The molecule has 0 radical (unpaired) electrons. The summed E-state index contributed by atoms with van der Waals surface area (Å²) in [6.07, 6.45) is 10.0. The molecule has 0 aromatic heterocycles. The van der Waals surface area contributed by atoms with E-state index in [2.05, 4.69) is 11.8 Å². The van der Waals surface area contributed by atoms with Gasteiger partial charge < -0.3 is 23.7 Å². The van der Waals surface area contributed by atoms with E-state index in [-0.39, 0.29) is 0 Å². The minimum absolute atomic E-state index is 0.558. The van der Waals surface area contributed by atoms with Crippen LogP contribution in [-0.2, 0) is 4.74 Å². The molecule has 0 aliphatic heterocycles. The SMILES string of the molecule is C#CC(OC(C#C)c1ccc(OC)c(OC)c1)c1ccc(OC)c(OC)c1. The van der Waals surface area contributed by atoms with Crippen molar-refractivity contribution in [3.8, 4) is 47.7 Å². The smallest absolute Gasteiger partial charge is 0.161 e. The van der Waals surface area contributed by atoms with Gasteiger partial charge in [-0.25, -0.2) is 0 Å². The first-order chi connectivity index (χ1) is 13.1. The van der Waals surface area contributed by atoms with Crippen molar-refractivity contribution in [1.82, 2.24) is 0 Å². The third kappa shape index (κ3) is 4.47. The molecule has 0 amide bonds. The van der Waals surface area contributed by atoms with Gasteiger partial charge in [0.1, 0.15) is 12.2 Å². The van der Waals surface area contributed by atoms with Crippen molar-refractivity contribution < 1.29 is 23.7 Å².